The molecule has 31 heavy (non-hydrogen) atoms. The first-order chi connectivity index (χ1) is 14.8. The number of aliphatic carboxylic acids is 2. The largest absolute Gasteiger partial charge is 0.493 e. The van der Waals surface area contributed by atoms with Gasteiger partial charge < -0.3 is 29.3 Å². The monoisotopic (exact) mass is 438 g/mol. The van der Waals surface area contributed by atoms with Gasteiger partial charge in [-0.25, -0.2) is 9.59 Å². The highest BCUT2D eigenvalue weighted by Crippen LogP contribution is 2.29. The summed E-state index contributed by atoms with van der Waals surface area (Å²) in [7, 11) is 3.30. The molecule has 0 radical (unpaired) electrons. The van der Waals surface area contributed by atoms with Crippen molar-refractivity contribution in [2.45, 2.75) is 19.4 Å². The van der Waals surface area contributed by atoms with E-state index in [0.717, 1.165) is 57.1 Å². The number of piperidine rings is 1. The number of ether oxygens (including phenoxy) is 3. The fourth-order valence-corrected chi connectivity index (χ4v) is 3.62. The van der Waals surface area contributed by atoms with E-state index in [0.29, 0.717) is 19.1 Å². The first-order valence-corrected chi connectivity index (χ1v) is 10.1. The number of carbonyl (C=O) groups is 3. The summed E-state index contributed by atoms with van der Waals surface area (Å²) in [6.45, 7) is 5.60. The Kier molecular flexibility index (Phi) is 9.54. The zero-order valence-corrected chi connectivity index (χ0v) is 17.9. The van der Waals surface area contributed by atoms with E-state index in [1.807, 2.05) is 17.0 Å². The number of carboxylic acid groups (broad SMARTS) is 2. The Balaban J connectivity index is 0.000000501. The molecule has 2 heterocycles. The van der Waals surface area contributed by atoms with Gasteiger partial charge in [0.15, 0.2) is 11.5 Å². The lowest BCUT2D eigenvalue weighted by Crippen LogP contribution is -2.46. The van der Waals surface area contributed by atoms with Crippen LogP contribution in [0, 0.1) is 5.92 Å². The van der Waals surface area contributed by atoms with Crippen molar-refractivity contribution in [2.24, 2.45) is 5.92 Å². The van der Waals surface area contributed by atoms with Crippen LogP contribution in [-0.2, 0) is 25.7 Å². The fourth-order valence-electron chi connectivity index (χ4n) is 3.62. The molecule has 2 aliphatic rings. The van der Waals surface area contributed by atoms with Crippen LogP contribution >= 0.6 is 0 Å². The average Bonchev–Trinajstić information content (AvgIpc) is 2.80. The number of rotatable bonds is 5. The standard InChI is InChI=1S/C19H28N2O4.C2H2O4/c1-23-17-4-3-15(13-18(17)24-2)14-20-7-5-16(6-8-20)19(22)21-9-11-25-12-10-21;3-1(4)2(5)6/h3-4,13,16H,5-12,14H2,1-2H3;(H,3,4)(H,5,6). The molecule has 0 unspecified atom stereocenters. The molecule has 172 valence electrons. The third-order valence-corrected chi connectivity index (χ3v) is 5.30. The van der Waals surface area contributed by atoms with Gasteiger partial charge >= 0.3 is 11.9 Å². The molecule has 0 spiro atoms. The molecule has 2 N–H and O–H groups in total. The van der Waals surface area contributed by atoms with Crippen molar-refractivity contribution in [1.82, 2.24) is 9.80 Å². The lowest BCUT2D eigenvalue weighted by molar-refractivity contribution is -0.159. The zero-order chi connectivity index (χ0) is 22.8. The normalized spacial score (nSPS) is 17.3. The van der Waals surface area contributed by atoms with Crippen LogP contribution in [0.5, 0.6) is 11.5 Å². The molecule has 1 amide bonds. The summed E-state index contributed by atoms with van der Waals surface area (Å²) in [5.41, 5.74) is 1.20. The molecule has 0 saturated carbocycles. The summed E-state index contributed by atoms with van der Waals surface area (Å²) in [5.74, 6) is -1.66. The van der Waals surface area contributed by atoms with Gasteiger partial charge in [-0.1, -0.05) is 6.07 Å². The molecule has 2 fully saturated rings. The number of hydrogen-bond donors (Lipinski definition) is 2. The van der Waals surface area contributed by atoms with Crippen LogP contribution in [0.15, 0.2) is 18.2 Å². The number of benzene rings is 1. The van der Waals surface area contributed by atoms with Gasteiger partial charge in [-0.05, 0) is 43.6 Å². The smallest absolute Gasteiger partial charge is 0.414 e. The minimum atomic E-state index is -1.82. The lowest BCUT2D eigenvalue weighted by atomic mass is 9.94. The maximum absolute atomic E-state index is 12.6. The van der Waals surface area contributed by atoms with Gasteiger partial charge in [0.2, 0.25) is 5.91 Å². The maximum Gasteiger partial charge on any atom is 0.414 e. The molecule has 3 rings (SSSR count). The minimum Gasteiger partial charge on any atom is -0.493 e. The van der Waals surface area contributed by atoms with Crippen LogP contribution < -0.4 is 9.47 Å². The van der Waals surface area contributed by atoms with Crippen molar-refractivity contribution in [1.29, 1.82) is 0 Å². The number of carbonyl (C=O) groups excluding carboxylic acids is 1. The molecular formula is C21H30N2O8. The molecule has 0 aliphatic carbocycles. The van der Waals surface area contributed by atoms with Crippen LogP contribution in [0.1, 0.15) is 18.4 Å². The Morgan fingerprint density at radius 1 is 0.968 bits per heavy atom. The zero-order valence-electron chi connectivity index (χ0n) is 17.9. The Bertz CT molecular complexity index is 744. The Morgan fingerprint density at radius 3 is 2.06 bits per heavy atom. The summed E-state index contributed by atoms with van der Waals surface area (Å²) in [6, 6.07) is 6.05. The van der Waals surface area contributed by atoms with Crippen LogP contribution in [0.2, 0.25) is 0 Å². The van der Waals surface area contributed by atoms with Crippen molar-refractivity contribution in [3.8, 4) is 11.5 Å². The van der Waals surface area contributed by atoms with Crippen molar-refractivity contribution in [3.63, 3.8) is 0 Å². The van der Waals surface area contributed by atoms with Gasteiger partial charge in [0.05, 0.1) is 27.4 Å². The fraction of sp³-hybridized carbons (Fsp3) is 0.571. The van der Waals surface area contributed by atoms with E-state index in [2.05, 4.69) is 11.0 Å². The highest BCUT2D eigenvalue weighted by Gasteiger charge is 2.29. The molecule has 2 saturated heterocycles. The Hall–Kier alpha value is -2.85. The van der Waals surface area contributed by atoms with E-state index in [1.165, 1.54) is 5.56 Å². The molecule has 10 heteroatoms. The summed E-state index contributed by atoms with van der Waals surface area (Å²) >= 11 is 0. The van der Waals surface area contributed by atoms with Crippen molar-refractivity contribution >= 4 is 17.8 Å². The average molecular weight is 438 g/mol. The van der Waals surface area contributed by atoms with Crippen molar-refractivity contribution in [2.75, 3.05) is 53.6 Å². The number of carboxylic acids is 2. The summed E-state index contributed by atoms with van der Waals surface area (Å²) in [4.78, 5) is 35.2. The number of likely N-dealkylation sites (tertiary alicyclic amines) is 1. The lowest BCUT2D eigenvalue weighted by Gasteiger charge is -2.35. The highest BCUT2D eigenvalue weighted by molar-refractivity contribution is 6.27. The van der Waals surface area contributed by atoms with E-state index in [4.69, 9.17) is 34.0 Å². The number of morpholine rings is 1. The molecule has 1 aromatic carbocycles. The number of amides is 1. The molecule has 2 aliphatic heterocycles. The van der Waals surface area contributed by atoms with E-state index in [1.54, 1.807) is 14.2 Å². The quantitative estimate of drug-likeness (QED) is 0.646. The van der Waals surface area contributed by atoms with E-state index in [-0.39, 0.29) is 5.92 Å². The molecule has 0 bridgehead atoms. The predicted octanol–water partition coefficient (Wildman–Crippen LogP) is 0.930. The van der Waals surface area contributed by atoms with E-state index < -0.39 is 11.9 Å². The summed E-state index contributed by atoms with van der Waals surface area (Å²) in [5, 5.41) is 14.8. The maximum atomic E-state index is 12.6. The van der Waals surface area contributed by atoms with Gasteiger partial charge in [-0.2, -0.15) is 0 Å². The van der Waals surface area contributed by atoms with Crippen LogP contribution in [0.4, 0.5) is 0 Å². The van der Waals surface area contributed by atoms with E-state index >= 15 is 0 Å². The second kappa shape index (κ2) is 12.1. The molecule has 1 aromatic rings. The third kappa shape index (κ3) is 7.41. The Labute approximate surface area is 181 Å². The predicted molar refractivity (Wildman–Crippen MR) is 110 cm³/mol. The van der Waals surface area contributed by atoms with Gasteiger partial charge in [0.1, 0.15) is 0 Å². The molecule has 0 aromatic heterocycles. The molecule has 10 nitrogen and oxygen atoms in total. The minimum absolute atomic E-state index is 0.166. The molecular weight excluding hydrogens is 408 g/mol. The number of hydrogen-bond acceptors (Lipinski definition) is 7. The van der Waals surface area contributed by atoms with Gasteiger partial charge in [0, 0.05) is 25.6 Å². The summed E-state index contributed by atoms with van der Waals surface area (Å²) < 4.78 is 16.0. The first kappa shape index (κ1) is 24.4. The topological polar surface area (TPSA) is 126 Å². The number of nitrogens with zero attached hydrogens (tertiary/aromatic N) is 2. The van der Waals surface area contributed by atoms with Gasteiger partial charge in [0.25, 0.3) is 0 Å². The van der Waals surface area contributed by atoms with E-state index in [9.17, 15) is 4.79 Å². The first-order valence-electron chi connectivity index (χ1n) is 10.1. The number of methoxy groups -OCH3 is 2. The third-order valence-electron chi connectivity index (χ3n) is 5.30. The van der Waals surface area contributed by atoms with Crippen LogP contribution in [-0.4, -0.2) is 91.5 Å². The second-order valence-corrected chi connectivity index (χ2v) is 7.29. The van der Waals surface area contributed by atoms with Gasteiger partial charge in [-0.3, -0.25) is 9.69 Å². The van der Waals surface area contributed by atoms with Crippen LogP contribution in [0.25, 0.3) is 0 Å². The SMILES string of the molecule is COc1ccc(CN2CCC(C(=O)N3CCOCC3)CC2)cc1OC.O=C(O)C(=O)O. The second-order valence-electron chi connectivity index (χ2n) is 7.29. The Morgan fingerprint density at radius 2 is 1.55 bits per heavy atom. The van der Waals surface area contributed by atoms with Crippen molar-refractivity contribution in [3.05, 3.63) is 23.8 Å². The summed E-state index contributed by atoms with van der Waals surface area (Å²) in [6.07, 6.45) is 1.87. The molecule has 0 atom stereocenters. The van der Waals surface area contributed by atoms with Gasteiger partial charge in [-0.15, -0.1) is 0 Å². The van der Waals surface area contributed by atoms with Crippen LogP contribution in [0.3, 0.4) is 0 Å². The van der Waals surface area contributed by atoms with Crippen molar-refractivity contribution < 1.29 is 38.8 Å². The highest BCUT2D eigenvalue weighted by atomic mass is 16.5.